The summed E-state index contributed by atoms with van der Waals surface area (Å²) in [7, 11) is 0. The molecule has 2 aromatic rings. The maximum atomic E-state index is 13.0. The van der Waals surface area contributed by atoms with Crippen LogP contribution in [0.25, 0.3) is 10.9 Å². The first-order chi connectivity index (χ1) is 12.0. The molecule has 0 N–H and O–H groups in total. The highest BCUT2D eigenvalue weighted by atomic mass is 35.5. The summed E-state index contributed by atoms with van der Waals surface area (Å²) in [6.45, 7) is 6.15. The van der Waals surface area contributed by atoms with Gasteiger partial charge in [-0.05, 0) is 61.6 Å². The molecule has 0 saturated carbocycles. The molecule has 0 unspecified atom stereocenters. The van der Waals surface area contributed by atoms with Crippen LogP contribution in [0.5, 0.6) is 0 Å². The van der Waals surface area contributed by atoms with Crippen molar-refractivity contribution in [3.8, 4) is 0 Å². The molecule has 1 aliphatic carbocycles. The van der Waals surface area contributed by atoms with Crippen LogP contribution in [-0.4, -0.2) is 28.9 Å². The predicted molar refractivity (Wildman–Crippen MR) is 102 cm³/mol. The molecule has 4 heteroatoms. The molecule has 1 aromatic heterocycles. The molecule has 1 saturated heterocycles. The smallest absolute Gasteiger partial charge is 0.253 e. The number of carbonyl (C=O) groups is 1. The highest BCUT2D eigenvalue weighted by Gasteiger charge is 2.26. The molecule has 0 radical (unpaired) electrons. The lowest BCUT2D eigenvalue weighted by Crippen LogP contribution is -2.42. The molecule has 2 heterocycles. The number of amides is 1. The van der Waals surface area contributed by atoms with E-state index in [1.165, 1.54) is 24.8 Å². The molecule has 1 fully saturated rings. The van der Waals surface area contributed by atoms with Crippen molar-refractivity contribution in [2.75, 3.05) is 13.1 Å². The number of hydrogen-bond donors (Lipinski definition) is 0. The van der Waals surface area contributed by atoms with Crippen molar-refractivity contribution in [1.29, 1.82) is 0 Å². The van der Waals surface area contributed by atoms with Crippen LogP contribution in [0.2, 0.25) is 5.02 Å². The average Bonchev–Trinajstić information content (AvgIpc) is 2.60. The minimum absolute atomic E-state index is 0.121. The Hall–Kier alpha value is -1.61. The van der Waals surface area contributed by atoms with Gasteiger partial charge in [0.2, 0.25) is 0 Å². The van der Waals surface area contributed by atoms with Gasteiger partial charge >= 0.3 is 0 Å². The van der Waals surface area contributed by atoms with Gasteiger partial charge in [0.1, 0.15) is 0 Å². The fourth-order valence-corrected chi connectivity index (χ4v) is 4.87. The van der Waals surface area contributed by atoms with Crippen LogP contribution in [0.15, 0.2) is 18.2 Å². The summed E-state index contributed by atoms with van der Waals surface area (Å²) >= 11 is 6.64. The number of pyridine rings is 1. The number of aryl methyl sites for hydroxylation is 1. The van der Waals surface area contributed by atoms with Crippen molar-refractivity contribution >= 4 is 28.4 Å². The molecule has 1 aliphatic heterocycles. The summed E-state index contributed by atoms with van der Waals surface area (Å²) in [6.07, 6.45) is 5.56. The number of fused-ring (bicyclic) bond motifs is 2. The second-order valence-electron chi connectivity index (χ2n) is 7.95. The first-order valence-corrected chi connectivity index (χ1v) is 9.81. The molecule has 4 rings (SSSR count). The van der Waals surface area contributed by atoms with E-state index >= 15 is 0 Å². The van der Waals surface area contributed by atoms with Gasteiger partial charge in [-0.15, -0.1) is 0 Å². The van der Waals surface area contributed by atoms with E-state index < -0.39 is 0 Å². The topological polar surface area (TPSA) is 33.2 Å². The number of nitrogens with zero attached hydrogens (tertiary/aromatic N) is 2. The van der Waals surface area contributed by atoms with E-state index in [4.69, 9.17) is 16.6 Å². The van der Waals surface area contributed by atoms with Crippen LogP contribution in [0.4, 0.5) is 0 Å². The number of benzene rings is 1. The van der Waals surface area contributed by atoms with Gasteiger partial charge in [-0.25, -0.2) is 0 Å². The minimum Gasteiger partial charge on any atom is -0.338 e. The highest BCUT2D eigenvalue weighted by molar-refractivity contribution is 6.36. The van der Waals surface area contributed by atoms with Crippen molar-refractivity contribution in [3.05, 3.63) is 40.0 Å². The normalized spacial score (nSPS) is 23.6. The lowest BCUT2D eigenvalue weighted by molar-refractivity contribution is 0.0623. The van der Waals surface area contributed by atoms with E-state index in [1.54, 1.807) is 0 Å². The first-order valence-electron chi connectivity index (χ1n) is 9.43. The van der Waals surface area contributed by atoms with Crippen LogP contribution < -0.4 is 0 Å². The maximum Gasteiger partial charge on any atom is 0.253 e. The molecule has 1 aromatic carbocycles. The van der Waals surface area contributed by atoms with Gasteiger partial charge in [0.15, 0.2) is 0 Å². The summed E-state index contributed by atoms with van der Waals surface area (Å²) in [6, 6.07) is 5.82. The molecule has 0 bridgehead atoms. The number of piperidine rings is 1. The van der Waals surface area contributed by atoms with Gasteiger partial charge in [-0.1, -0.05) is 31.5 Å². The number of carbonyl (C=O) groups excluding carboxylic acids is 1. The number of hydrogen-bond acceptors (Lipinski definition) is 2. The zero-order valence-electron chi connectivity index (χ0n) is 15.0. The second-order valence-corrected chi connectivity index (χ2v) is 8.32. The van der Waals surface area contributed by atoms with Crippen molar-refractivity contribution in [1.82, 2.24) is 9.88 Å². The molecule has 0 spiro atoms. The lowest BCUT2D eigenvalue weighted by Gasteiger charge is -2.35. The quantitative estimate of drug-likeness (QED) is 0.729. The zero-order valence-corrected chi connectivity index (χ0v) is 15.8. The zero-order chi connectivity index (χ0) is 17.6. The molecule has 3 nitrogen and oxygen atoms in total. The van der Waals surface area contributed by atoms with Crippen molar-refractivity contribution < 1.29 is 4.79 Å². The van der Waals surface area contributed by atoms with Crippen LogP contribution in [0.3, 0.4) is 0 Å². The van der Waals surface area contributed by atoms with Crippen LogP contribution >= 0.6 is 11.6 Å². The maximum absolute atomic E-state index is 13.0. The fraction of sp³-hybridized carbons (Fsp3) is 0.524. The number of likely N-dealkylation sites (tertiary alicyclic amines) is 1. The van der Waals surface area contributed by atoms with Gasteiger partial charge in [0, 0.05) is 29.7 Å². The Morgan fingerprint density at radius 2 is 1.88 bits per heavy atom. The van der Waals surface area contributed by atoms with Gasteiger partial charge in [-0.3, -0.25) is 9.78 Å². The van der Waals surface area contributed by atoms with Gasteiger partial charge in [0.05, 0.1) is 10.5 Å². The van der Waals surface area contributed by atoms with Crippen LogP contribution in [-0.2, 0) is 12.8 Å². The Bertz CT molecular complexity index is 822. The number of aromatic nitrogens is 1. The Labute approximate surface area is 154 Å². The number of rotatable bonds is 1. The second kappa shape index (κ2) is 6.60. The first kappa shape index (κ1) is 16.8. The largest absolute Gasteiger partial charge is 0.338 e. The molecule has 132 valence electrons. The van der Waals surface area contributed by atoms with Gasteiger partial charge in [0.25, 0.3) is 5.91 Å². The summed E-state index contributed by atoms with van der Waals surface area (Å²) in [5.74, 6) is 1.25. The number of halogens is 1. The van der Waals surface area contributed by atoms with Crippen molar-refractivity contribution in [3.63, 3.8) is 0 Å². The summed E-state index contributed by atoms with van der Waals surface area (Å²) in [4.78, 5) is 19.8. The Morgan fingerprint density at radius 3 is 2.64 bits per heavy atom. The SMILES string of the molecule is C[C@H]1C[C@H](C)CN(C(=O)c2ccc3c(Cl)c4c(nc3c2)CCCC4)C1. The Kier molecular flexibility index (Phi) is 4.45. The lowest BCUT2D eigenvalue weighted by atomic mass is 9.91. The molecular formula is C21H25ClN2O. The van der Waals surface area contributed by atoms with Gasteiger partial charge in [-0.2, -0.15) is 0 Å². The summed E-state index contributed by atoms with van der Waals surface area (Å²) < 4.78 is 0. The molecule has 2 aliphatic rings. The third-order valence-corrected chi connectivity index (χ3v) is 6.03. The fourth-order valence-electron chi connectivity index (χ4n) is 4.51. The standard InChI is InChI=1S/C21H25ClN2O/c1-13-9-14(2)12-24(11-13)21(25)15-7-8-17-19(10-15)23-18-6-4-3-5-16(18)20(17)22/h7-8,10,13-14H,3-6,9,11-12H2,1-2H3/t13-,14-/m0/s1. The van der Waals surface area contributed by atoms with E-state index in [2.05, 4.69) is 13.8 Å². The summed E-state index contributed by atoms with van der Waals surface area (Å²) in [5.41, 5.74) is 3.91. The monoisotopic (exact) mass is 356 g/mol. The average molecular weight is 357 g/mol. The van der Waals surface area contributed by atoms with Crippen molar-refractivity contribution in [2.45, 2.75) is 46.0 Å². The van der Waals surface area contributed by atoms with E-state index in [9.17, 15) is 4.79 Å². The molecular weight excluding hydrogens is 332 g/mol. The molecule has 1 amide bonds. The van der Waals surface area contributed by atoms with Gasteiger partial charge < -0.3 is 4.90 Å². The van der Waals surface area contributed by atoms with E-state index in [0.717, 1.165) is 53.1 Å². The third kappa shape index (κ3) is 3.15. The van der Waals surface area contributed by atoms with Crippen molar-refractivity contribution in [2.24, 2.45) is 11.8 Å². The Balaban J connectivity index is 1.70. The van der Waals surface area contributed by atoms with E-state index in [0.29, 0.717) is 11.8 Å². The third-order valence-electron chi connectivity index (χ3n) is 5.60. The molecule has 2 atom stereocenters. The highest BCUT2D eigenvalue weighted by Crippen LogP contribution is 2.33. The van der Waals surface area contributed by atoms with Crippen LogP contribution in [0.1, 0.15) is 54.7 Å². The molecule has 25 heavy (non-hydrogen) atoms. The Morgan fingerprint density at radius 1 is 1.16 bits per heavy atom. The van der Waals surface area contributed by atoms with E-state index in [1.807, 2.05) is 23.1 Å². The predicted octanol–water partition coefficient (Wildman–Crippen LogP) is 4.89. The van der Waals surface area contributed by atoms with E-state index in [-0.39, 0.29) is 5.91 Å². The minimum atomic E-state index is 0.121. The van der Waals surface area contributed by atoms with Crippen LogP contribution in [0, 0.1) is 11.8 Å². The summed E-state index contributed by atoms with van der Waals surface area (Å²) in [5, 5.41) is 1.80.